The largest absolute Gasteiger partial charge is 0.297 e. The first kappa shape index (κ1) is 8.94. The highest BCUT2D eigenvalue weighted by atomic mass is 79.9. The summed E-state index contributed by atoms with van der Waals surface area (Å²) in [4.78, 5) is 11.4. The number of carbonyl (C=O) groups is 1. The lowest BCUT2D eigenvalue weighted by Gasteiger charge is -1.93. The van der Waals surface area contributed by atoms with E-state index in [9.17, 15) is 4.79 Å². The van der Waals surface area contributed by atoms with E-state index in [1.165, 1.54) is 22.5 Å². The second kappa shape index (κ2) is 3.50. The second-order valence-corrected chi connectivity index (χ2v) is 4.69. The molecular weight excluding hydrogens is 224 g/mol. The summed E-state index contributed by atoms with van der Waals surface area (Å²) in [7, 11) is 0. The number of carbonyl (C=O) groups excluding carboxylic acids is 1. The molecule has 0 fully saturated rings. The minimum atomic E-state index is 0.858. The second-order valence-electron chi connectivity index (χ2n) is 2.31. The van der Waals surface area contributed by atoms with Gasteiger partial charge in [-0.2, -0.15) is 0 Å². The molecule has 0 aliphatic rings. The molecular formula is C8H9BrOS. The highest BCUT2D eigenvalue weighted by Gasteiger charge is 2.09. The minimum absolute atomic E-state index is 0.858. The molecule has 0 amide bonds. The maximum absolute atomic E-state index is 10.5. The number of hydrogen-bond acceptors (Lipinski definition) is 2. The average molecular weight is 233 g/mol. The molecule has 0 bridgehead atoms. The van der Waals surface area contributed by atoms with Crippen LogP contribution < -0.4 is 0 Å². The Morgan fingerprint density at radius 3 is 2.64 bits per heavy atom. The molecule has 3 heteroatoms. The Kier molecular flexibility index (Phi) is 2.84. The van der Waals surface area contributed by atoms with Crippen LogP contribution in [0, 0.1) is 6.92 Å². The molecule has 0 spiro atoms. The molecule has 0 aliphatic carbocycles. The molecule has 0 N–H and O–H groups in total. The number of rotatable bonds is 2. The lowest BCUT2D eigenvalue weighted by Crippen LogP contribution is -1.85. The summed E-state index contributed by atoms with van der Waals surface area (Å²) >= 11 is 4.92. The van der Waals surface area contributed by atoms with E-state index >= 15 is 0 Å². The van der Waals surface area contributed by atoms with Gasteiger partial charge in [-0.1, -0.05) is 6.92 Å². The van der Waals surface area contributed by atoms with Gasteiger partial charge in [-0.05, 0) is 40.4 Å². The molecule has 0 aromatic carbocycles. The van der Waals surface area contributed by atoms with Crippen LogP contribution in [-0.2, 0) is 6.42 Å². The maximum Gasteiger partial charge on any atom is 0.160 e. The van der Waals surface area contributed by atoms with Crippen molar-refractivity contribution >= 4 is 33.6 Å². The lowest BCUT2D eigenvalue weighted by molar-refractivity contribution is 0.112. The zero-order chi connectivity index (χ0) is 8.43. The molecule has 0 saturated carbocycles. The van der Waals surface area contributed by atoms with Crippen LogP contribution in [0.5, 0.6) is 0 Å². The van der Waals surface area contributed by atoms with Crippen LogP contribution >= 0.6 is 27.3 Å². The average Bonchev–Trinajstić information content (AvgIpc) is 2.28. The lowest BCUT2D eigenvalue weighted by atomic mass is 10.1. The van der Waals surface area contributed by atoms with Crippen molar-refractivity contribution in [2.24, 2.45) is 0 Å². The van der Waals surface area contributed by atoms with Crippen LogP contribution in [0.25, 0.3) is 0 Å². The van der Waals surface area contributed by atoms with E-state index in [1.807, 2.05) is 6.92 Å². The summed E-state index contributed by atoms with van der Waals surface area (Å²) in [6.07, 6.45) is 1.86. The first-order chi connectivity index (χ1) is 5.20. The first-order valence-electron chi connectivity index (χ1n) is 3.43. The van der Waals surface area contributed by atoms with Gasteiger partial charge in [-0.15, -0.1) is 11.3 Å². The van der Waals surface area contributed by atoms with E-state index in [0.29, 0.717) is 0 Å². The Morgan fingerprint density at radius 1 is 1.64 bits per heavy atom. The Balaban J connectivity index is 3.26. The van der Waals surface area contributed by atoms with Crippen molar-refractivity contribution in [2.45, 2.75) is 20.3 Å². The molecule has 0 aliphatic heterocycles. The van der Waals surface area contributed by atoms with Crippen LogP contribution in [0.1, 0.15) is 27.7 Å². The third-order valence-corrected chi connectivity index (χ3v) is 3.83. The van der Waals surface area contributed by atoms with Crippen molar-refractivity contribution in [3.05, 3.63) is 19.8 Å². The zero-order valence-corrected chi connectivity index (χ0v) is 8.88. The third kappa shape index (κ3) is 1.54. The Bertz CT molecular complexity index is 278. The van der Waals surface area contributed by atoms with Gasteiger partial charge in [-0.25, -0.2) is 0 Å². The van der Waals surface area contributed by atoms with E-state index in [0.717, 1.165) is 21.4 Å². The van der Waals surface area contributed by atoms with Gasteiger partial charge in [0.1, 0.15) is 0 Å². The molecule has 1 aromatic rings. The topological polar surface area (TPSA) is 17.1 Å². The SMILES string of the molecule is CCc1c(C=O)sc(Br)c1C. The quantitative estimate of drug-likeness (QED) is 0.717. The fraction of sp³-hybridized carbons (Fsp3) is 0.375. The molecule has 0 unspecified atom stereocenters. The van der Waals surface area contributed by atoms with Crippen molar-refractivity contribution in [1.82, 2.24) is 0 Å². The van der Waals surface area contributed by atoms with Crippen LogP contribution in [0.15, 0.2) is 3.79 Å². The molecule has 11 heavy (non-hydrogen) atoms. The van der Waals surface area contributed by atoms with Crippen molar-refractivity contribution in [1.29, 1.82) is 0 Å². The summed E-state index contributed by atoms with van der Waals surface area (Å²) in [6, 6.07) is 0. The normalized spacial score (nSPS) is 10.1. The van der Waals surface area contributed by atoms with E-state index < -0.39 is 0 Å². The molecule has 1 nitrogen and oxygen atoms in total. The summed E-state index contributed by atoms with van der Waals surface area (Å²) in [5.74, 6) is 0. The summed E-state index contributed by atoms with van der Waals surface area (Å²) in [6.45, 7) is 4.10. The van der Waals surface area contributed by atoms with Crippen LogP contribution in [0.4, 0.5) is 0 Å². The first-order valence-corrected chi connectivity index (χ1v) is 5.04. The van der Waals surface area contributed by atoms with Crippen LogP contribution in [-0.4, -0.2) is 6.29 Å². The summed E-state index contributed by atoms with van der Waals surface area (Å²) in [5.41, 5.74) is 2.39. The van der Waals surface area contributed by atoms with Gasteiger partial charge in [0.15, 0.2) is 6.29 Å². The van der Waals surface area contributed by atoms with Gasteiger partial charge >= 0.3 is 0 Å². The standard InChI is InChI=1S/C8H9BrOS/c1-3-6-5(2)8(9)11-7(6)4-10/h4H,3H2,1-2H3. The van der Waals surface area contributed by atoms with E-state index in [-0.39, 0.29) is 0 Å². The fourth-order valence-corrected chi connectivity index (χ4v) is 2.77. The fourth-order valence-electron chi connectivity index (χ4n) is 1.07. The van der Waals surface area contributed by atoms with E-state index in [2.05, 4.69) is 22.9 Å². The van der Waals surface area contributed by atoms with Gasteiger partial charge in [0.25, 0.3) is 0 Å². The maximum atomic E-state index is 10.5. The van der Waals surface area contributed by atoms with E-state index in [4.69, 9.17) is 0 Å². The molecule has 0 atom stereocenters. The molecule has 1 aromatic heterocycles. The highest BCUT2D eigenvalue weighted by molar-refractivity contribution is 9.11. The number of halogens is 1. The van der Waals surface area contributed by atoms with Gasteiger partial charge < -0.3 is 0 Å². The van der Waals surface area contributed by atoms with Crippen molar-refractivity contribution < 1.29 is 4.79 Å². The minimum Gasteiger partial charge on any atom is -0.297 e. The van der Waals surface area contributed by atoms with Crippen LogP contribution in [0.3, 0.4) is 0 Å². The van der Waals surface area contributed by atoms with Gasteiger partial charge in [0.2, 0.25) is 0 Å². The van der Waals surface area contributed by atoms with Gasteiger partial charge in [0, 0.05) is 0 Å². The Labute approximate surface area is 78.6 Å². The third-order valence-electron chi connectivity index (χ3n) is 1.71. The molecule has 0 saturated heterocycles. The molecule has 1 rings (SSSR count). The highest BCUT2D eigenvalue weighted by Crippen LogP contribution is 2.31. The van der Waals surface area contributed by atoms with Crippen LogP contribution in [0.2, 0.25) is 0 Å². The number of hydrogen-bond donors (Lipinski definition) is 0. The van der Waals surface area contributed by atoms with Gasteiger partial charge in [0.05, 0.1) is 8.66 Å². The van der Waals surface area contributed by atoms with Gasteiger partial charge in [-0.3, -0.25) is 4.79 Å². The molecule has 60 valence electrons. The number of thiophene rings is 1. The smallest absolute Gasteiger partial charge is 0.160 e. The summed E-state index contributed by atoms with van der Waals surface area (Å²) in [5, 5.41) is 0. The Hall–Kier alpha value is -0.150. The monoisotopic (exact) mass is 232 g/mol. The van der Waals surface area contributed by atoms with Crippen molar-refractivity contribution in [2.75, 3.05) is 0 Å². The van der Waals surface area contributed by atoms with Crippen molar-refractivity contribution in [3.63, 3.8) is 0 Å². The zero-order valence-electron chi connectivity index (χ0n) is 6.48. The number of aldehydes is 1. The Morgan fingerprint density at radius 2 is 2.27 bits per heavy atom. The molecule has 1 heterocycles. The predicted octanol–water partition coefficient (Wildman–Crippen LogP) is 3.19. The van der Waals surface area contributed by atoms with E-state index in [1.54, 1.807) is 0 Å². The summed E-state index contributed by atoms with van der Waals surface area (Å²) < 4.78 is 1.08. The molecule has 0 radical (unpaired) electrons. The predicted molar refractivity (Wildman–Crippen MR) is 51.5 cm³/mol. The van der Waals surface area contributed by atoms with Crippen molar-refractivity contribution in [3.8, 4) is 0 Å².